The first kappa shape index (κ1) is 21.1. The minimum absolute atomic E-state index is 0.00520. The smallest absolute Gasteiger partial charge is 0.233 e. The van der Waals surface area contributed by atoms with Crippen molar-refractivity contribution < 1.29 is 9.53 Å². The Morgan fingerprint density at radius 2 is 2.00 bits per heavy atom. The lowest BCUT2D eigenvalue weighted by atomic mass is 10.2. The van der Waals surface area contributed by atoms with Crippen LogP contribution >= 0.6 is 11.8 Å². The van der Waals surface area contributed by atoms with Crippen LogP contribution in [0.5, 0.6) is 5.75 Å². The van der Waals surface area contributed by atoms with Crippen molar-refractivity contribution in [1.82, 2.24) is 24.6 Å². The lowest BCUT2D eigenvalue weighted by Crippen LogP contribution is -2.27. The summed E-state index contributed by atoms with van der Waals surface area (Å²) in [5, 5.41) is 10.3. The number of nitrogens with zero attached hydrogens (tertiary/aromatic N) is 5. The molecule has 0 unspecified atom stereocenters. The summed E-state index contributed by atoms with van der Waals surface area (Å²) in [6, 6.07) is 15.9. The maximum Gasteiger partial charge on any atom is 0.233 e. The predicted molar refractivity (Wildman–Crippen MR) is 123 cm³/mol. The number of thioether (sulfide) groups is 1. The highest BCUT2D eigenvalue weighted by molar-refractivity contribution is 7.99. The number of fused-ring (bicyclic) bond motifs is 3. The number of ether oxygens (including phenoxy) is 1. The summed E-state index contributed by atoms with van der Waals surface area (Å²) in [5.41, 5.74) is 3.74. The van der Waals surface area contributed by atoms with Crippen molar-refractivity contribution in [3.8, 4) is 5.75 Å². The fourth-order valence-corrected chi connectivity index (χ4v) is 4.29. The maximum absolute atomic E-state index is 12.6. The molecule has 0 radical (unpaired) electrons. The van der Waals surface area contributed by atoms with E-state index in [0.29, 0.717) is 11.7 Å². The standard InChI is InChI=1S/C23H25N5O2S/c1-4-12-28-19-11-6-5-10-18(19)21-22(28)24-23(26-25-21)31-15-20(29)27(2)14-16-8-7-9-17(13-16)30-3/h5-11,13H,4,12,14-15H2,1-3H3. The zero-order valence-corrected chi connectivity index (χ0v) is 18.7. The van der Waals surface area contributed by atoms with Crippen LogP contribution in [-0.4, -0.2) is 50.5 Å². The third-order valence-electron chi connectivity index (χ3n) is 5.11. The van der Waals surface area contributed by atoms with Gasteiger partial charge in [-0.15, -0.1) is 10.2 Å². The molecule has 7 nitrogen and oxygen atoms in total. The Bertz CT molecular complexity index is 1220. The Balaban J connectivity index is 1.48. The van der Waals surface area contributed by atoms with Gasteiger partial charge in [-0.1, -0.05) is 49.0 Å². The van der Waals surface area contributed by atoms with E-state index >= 15 is 0 Å². The molecule has 0 aliphatic rings. The van der Waals surface area contributed by atoms with E-state index < -0.39 is 0 Å². The summed E-state index contributed by atoms with van der Waals surface area (Å²) in [5.74, 6) is 1.04. The van der Waals surface area contributed by atoms with E-state index in [1.165, 1.54) is 11.8 Å². The number of aromatic nitrogens is 4. The highest BCUT2D eigenvalue weighted by Gasteiger charge is 2.16. The van der Waals surface area contributed by atoms with Gasteiger partial charge in [-0.3, -0.25) is 4.79 Å². The van der Waals surface area contributed by atoms with Gasteiger partial charge in [-0.05, 0) is 30.2 Å². The highest BCUT2D eigenvalue weighted by atomic mass is 32.2. The molecular formula is C23H25N5O2S. The van der Waals surface area contributed by atoms with Crippen molar-refractivity contribution in [2.45, 2.75) is 31.6 Å². The summed E-state index contributed by atoms with van der Waals surface area (Å²) in [6.45, 7) is 3.51. The second-order valence-electron chi connectivity index (χ2n) is 7.33. The van der Waals surface area contributed by atoms with Gasteiger partial charge in [0.2, 0.25) is 11.1 Å². The minimum Gasteiger partial charge on any atom is -0.497 e. The van der Waals surface area contributed by atoms with Crippen LogP contribution < -0.4 is 4.74 Å². The Kier molecular flexibility index (Phi) is 6.36. The molecule has 4 rings (SSSR count). The number of carbonyl (C=O) groups excluding carboxylic acids is 1. The number of amides is 1. The summed E-state index contributed by atoms with van der Waals surface area (Å²) < 4.78 is 7.43. The SMILES string of the molecule is CCCn1c2ccccc2c2nnc(SCC(=O)N(C)Cc3cccc(OC)c3)nc21. The molecule has 2 aromatic heterocycles. The Hall–Kier alpha value is -3.13. The quantitative estimate of drug-likeness (QED) is 0.387. The average molecular weight is 436 g/mol. The molecule has 2 aromatic carbocycles. The van der Waals surface area contributed by atoms with E-state index in [-0.39, 0.29) is 11.7 Å². The summed E-state index contributed by atoms with van der Waals surface area (Å²) >= 11 is 1.31. The summed E-state index contributed by atoms with van der Waals surface area (Å²) in [4.78, 5) is 19.1. The molecule has 0 aliphatic heterocycles. The molecular weight excluding hydrogens is 410 g/mol. The van der Waals surface area contributed by atoms with Crippen molar-refractivity contribution in [2.24, 2.45) is 0 Å². The number of para-hydroxylation sites is 1. The topological polar surface area (TPSA) is 73.1 Å². The van der Waals surface area contributed by atoms with Crippen molar-refractivity contribution >= 4 is 39.7 Å². The lowest BCUT2D eigenvalue weighted by molar-refractivity contribution is -0.127. The third kappa shape index (κ3) is 4.49. The number of aryl methyl sites for hydroxylation is 1. The molecule has 4 aromatic rings. The van der Waals surface area contributed by atoms with Gasteiger partial charge in [-0.2, -0.15) is 0 Å². The molecule has 0 saturated carbocycles. The molecule has 0 aliphatic carbocycles. The molecule has 0 bridgehead atoms. The number of benzene rings is 2. The van der Waals surface area contributed by atoms with Crippen LogP contribution in [0.1, 0.15) is 18.9 Å². The van der Waals surface area contributed by atoms with Crippen LogP contribution in [0.25, 0.3) is 22.1 Å². The number of hydrogen-bond donors (Lipinski definition) is 0. The number of methoxy groups -OCH3 is 1. The average Bonchev–Trinajstić information content (AvgIpc) is 3.11. The molecule has 0 fully saturated rings. The van der Waals surface area contributed by atoms with E-state index in [4.69, 9.17) is 9.72 Å². The second kappa shape index (κ2) is 9.34. The van der Waals surface area contributed by atoms with Gasteiger partial charge in [-0.25, -0.2) is 4.98 Å². The molecule has 8 heteroatoms. The largest absolute Gasteiger partial charge is 0.497 e. The fourth-order valence-electron chi connectivity index (χ4n) is 3.57. The first-order valence-electron chi connectivity index (χ1n) is 10.2. The van der Waals surface area contributed by atoms with Gasteiger partial charge in [0.25, 0.3) is 0 Å². The van der Waals surface area contributed by atoms with Gasteiger partial charge in [0.05, 0.1) is 18.4 Å². The maximum atomic E-state index is 12.6. The van der Waals surface area contributed by atoms with Crippen molar-refractivity contribution in [3.05, 3.63) is 54.1 Å². The van der Waals surface area contributed by atoms with Gasteiger partial charge in [0, 0.05) is 25.5 Å². The van der Waals surface area contributed by atoms with E-state index in [1.807, 2.05) is 42.5 Å². The number of rotatable bonds is 8. The van der Waals surface area contributed by atoms with Gasteiger partial charge < -0.3 is 14.2 Å². The first-order valence-corrected chi connectivity index (χ1v) is 11.2. The monoisotopic (exact) mass is 435 g/mol. The van der Waals surface area contributed by atoms with Crippen LogP contribution in [0.2, 0.25) is 0 Å². The number of carbonyl (C=O) groups is 1. The van der Waals surface area contributed by atoms with Crippen LogP contribution in [0.15, 0.2) is 53.7 Å². The van der Waals surface area contributed by atoms with E-state index in [0.717, 1.165) is 46.3 Å². The van der Waals surface area contributed by atoms with Crippen LogP contribution in [0.3, 0.4) is 0 Å². The third-order valence-corrected chi connectivity index (χ3v) is 5.93. The normalized spacial score (nSPS) is 11.2. The zero-order chi connectivity index (χ0) is 21.8. The number of hydrogen-bond acceptors (Lipinski definition) is 6. The van der Waals surface area contributed by atoms with Crippen LogP contribution in [-0.2, 0) is 17.9 Å². The molecule has 0 atom stereocenters. The Morgan fingerprint density at radius 1 is 1.16 bits per heavy atom. The molecule has 0 saturated heterocycles. The van der Waals surface area contributed by atoms with Gasteiger partial charge in [0.15, 0.2) is 5.65 Å². The molecule has 1 amide bonds. The molecule has 31 heavy (non-hydrogen) atoms. The summed E-state index contributed by atoms with van der Waals surface area (Å²) in [7, 11) is 3.43. The van der Waals surface area contributed by atoms with E-state index in [9.17, 15) is 4.79 Å². The Morgan fingerprint density at radius 3 is 2.81 bits per heavy atom. The fraction of sp³-hybridized carbons (Fsp3) is 0.304. The van der Waals surface area contributed by atoms with E-state index in [2.05, 4.69) is 27.8 Å². The van der Waals surface area contributed by atoms with Crippen molar-refractivity contribution in [1.29, 1.82) is 0 Å². The molecule has 0 spiro atoms. The van der Waals surface area contributed by atoms with Gasteiger partial charge in [0.1, 0.15) is 11.3 Å². The van der Waals surface area contributed by atoms with E-state index in [1.54, 1.807) is 19.1 Å². The summed E-state index contributed by atoms with van der Waals surface area (Å²) in [6.07, 6.45) is 0.994. The Labute approximate surface area is 185 Å². The molecule has 160 valence electrons. The second-order valence-corrected chi connectivity index (χ2v) is 8.27. The van der Waals surface area contributed by atoms with Crippen molar-refractivity contribution in [3.63, 3.8) is 0 Å². The van der Waals surface area contributed by atoms with Crippen LogP contribution in [0, 0.1) is 0 Å². The zero-order valence-electron chi connectivity index (χ0n) is 17.9. The predicted octanol–water partition coefficient (Wildman–Crippen LogP) is 4.15. The lowest BCUT2D eigenvalue weighted by Gasteiger charge is -2.17. The first-order chi connectivity index (χ1) is 15.1. The highest BCUT2D eigenvalue weighted by Crippen LogP contribution is 2.27. The molecule has 0 N–H and O–H groups in total. The van der Waals surface area contributed by atoms with Gasteiger partial charge >= 0.3 is 0 Å². The minimum atomic E-state index is 0.00520. The van der Waals surface area contributed by atoms with Crippen LogP contribution in [0.4, 0.5) is 0 Å². The van der Waals surface area contributed by atoms with Crippen molar-refractivity contribution in [2.75, 3.05) is 19.9 Å². The molecule has 2 heterocycles.